The quantitative estimate of drug-likeness (QED) is 0.847. The third-order valence-corrected chi connectivity index (χ3v) is 4.37. The van der Waals surface area contributed by atoms with E-state index in [4.69, 9.17) is 4.74 Å². The first-order chi connectivity index (χ1) is 10.5. The van der Waals surface area contributed by atoms with Crippen molar-refractivity contribution in [1.29, 1.82) is 0 Å². The van der Waals surface area contributed by atoms with Gasteiger partial charge in [-0.25, -0.2) is 4.79 Å². The van der Waals surface area contributed by atoms with Crippen molar-refractivity contribution in [1.82, 2.24) is 0 Å². The molecule has 0 atom stereocenters. The van der Waals surface area contributed by atoms with Gasteiger partial charge >= 0.3 is 5.97 Å². The molecule has 2 aromatic rings. The number of rotatable bonds is 5. The molecule has 1 aromatic heterocycles. The Morgan fingerprint density at radius 2 is 1.86 bits per heavy atom. The lowest BCUT2D eigenvalue weighted by Crippen LogP contribution is -2.10. The van der Waals surface area contributed by atoms with Gasteiger partial charge in [0.25, 0.3) is 5.91 Å². The van der Waals surface area contributed by atoms with Crippen LogP contribution >= 0.6 is 11.3 Å². The maximum Gasteiger partial charge on any atom is 0.348 e. The summed E-state index contributed by atoms with van der Waals surface area (Å²) in [5.41, 5.74) is 2.59. The van der Waals surface area contributed by atoms with Crippen LogP contribution in [0.5, 0.6) is 0 Å². The molecule has 116 valence electrons. The number of nitrogens with one attached hydrogen (secondary N) is 1. The number of carbonyl (C=O) groups is 2. The molecule has 2 rings (SSSR count). The minimum atomic E-state index is -0.349. The third kappa shape index (κ3) is 3.74. The average molecular weight is 317 g/mol. The van der Waals surface area contributed by atoms with Crippen molar-refractivity contribution in [3.05, 3.63) is 51.9 Å². The molecule has 0 aliphatic rings. The van der Waals surface area contributed by atoms with Gasteiger partial charge in [-0.3, -0.25) is 4.79 Å². The number of esters is 1. The van der Waals surface area contributed by atoms with Gasteiger partial charge in [0.1, 0.15) is 4.88 Å². The van der Waals surface area contributed by atoms with Crippen molar-refractivity contribution < 1.29 is 14.3 Å². The lowest BCUT2D eigenvalue weighted by atomic mass is 10.1. The third-order valence-electron chi connectivity index (χ3n) is 3.24. The van der Waals surface area contributed by atoms with E-state index < -0.39 is 0 Å². The summed E-state index contributed by atoms with van der Waals surface area (Å²) < 4.78 is 5.00. The first-order valence-electron chi connectivity index (χ1n) is 7.23. The highest BCUT2D eigenvalue weighted by atomic mass is 32.1. The number of aryl methyl sites for hydroxylation is 2. The number of anilines is 1. The van der Waals surface area contributed by atoms with Crippen LogP contribution in [-0.2, 0) is 11.2 Å². The number of benzene rings is 1. The zero-order valence-corrected chi connectivity index (χ0v) is 13.8. The maximum absolute atomic E-state index is 12.2. The fourth-order valence-electron chi connectivity index (χ4n) is 2.02. The summed E-state index contributed by atoms with van der Waals surface area (Å²) in [6.07, 6.45) is 0.939. The number of hydrogen-bond donors (Lipinski definition) is 1. The molecule has 4 nitrogen and oxygen atoms in total. The second kappa shape index (κ2) is 7.22. The normalized spacial score (nSPS) is 10.3. The predicted molar refractivity (Wildman–Crippen MR) is 88.8 cm³/mol. The number of thiophene rings is 1. The van der Waals surface area contributed by atoms with Crippen LogP contribution in [0.25, 0.3) is 0 Å². The molecule has 0 bridgehead atoms. The molecule has 5 heteroatoms. The monoisotopic (exact) mass is 317 g/mol. The summed E-state index contributed by atoms with van der Waals surface area (Å²) in [6, 6.07) is 9.29. The van der Waals surface area contributed by atoms with Gasteiger partial charge in [0.2, 0.25) is 0 Å². The summed E-state index contributed by atoms with van der Waals surface area (Å²) in [5.74, 6) is -0.530. The highest BCUT2D eigenvalue weighted by Crippen LogP contribution is 2.27. The molecule has 0 aliphatic heterocycles. The highest BCUT2D eigenvalue weighted by molar-refractivity contribution is 7.18. The summed E-state index contributed by atoms with van der Waals surface area (Å²) in [4.78, 5) is 24.5. The molecule has 1 amide bonds. The number of hydrogen-bond acceptors (Lipinski definition) is 4. The van der Waals surface area contributed by atoms with Gasteiger partial charge in [0.05, 0.1) is 11.6 Å². The molecule has 0 saturated carbocycles. The first kappa shape index (κ1) is 16.2. The Morgan fingerprint density at radius 1 is 1.18 bits per heavy atom. The van der Waals surface area contributed by atoms with Crippen LogP contribution in [-0.4, -0.2) is 18.5 Å². The standard InChI is InChI=1S/C17H19NO3S/c1-4-12-6-8-13(9-7-12)16(19)18-14-10-11(3)15(22-14)17(20)21-5-2/h6-10H,4-5H2,1-3H3,(H,18,19). The summed E-state index contributed by atoms with van der Waals surface area (Å²) in [5, 5.41) is 3.47. The van der Waals surface area contributed by atoms with E-state index in [9.17, 15) is 9.59 Å². The van der Waals surface area contributed by atoms with Crippen molar-refractivity contribution >= 4 is 28.2 Å². The molecule has 22 heavy (non-hydrogen) atoms. The smallest absolute Gasteiger partial charge is 0.348 e. The summed E-state index contributed by atoms with van der Waals surface area (Å²) >= 11 is 1.23. The molecule has 0 radical (unpaired) electrons. The topological polar surface area (TPSA) is 55.4 Å². The molecule has 1 N–H and O–H groups in total. The lowest BCUT2D eigenvalue weighted by Gasteiger charge is -2.03. The average Bonchev–Trinajstić information content (AvgIpc) is 2.88. The second-order valence-corrected chi connectivity index (χ2v) is 5.90. The van der Waals surface area contributed by atoms with E-state index in [0.717, 1.165) is 12.0 Å². The van der Waals surface area contributed by atoms with Crippen LogP contribution in [0.15, 0.2) is 30.3 Å². The fraction of sp³-hybridized carbons (Fsp3) is 0.294. The van der Waals surface area contributed by atoms with E-state index in [-0.39, 0.29) is 11.9 Å². The molecule has 0 fully saturated rings. The molecular weight excluding hydrogens is 298 g/mol. The molecule has 1 aromatic carbocycles. The van der Waals surface area contributed by atoms with Crippen LogP contribution in [0.2, 0.25) is 0 Å². The Bertz CT molecular complexity index is 674. The fourth-order valence-corrected chi connectivity index (χ4v) is 2.98. The first-order valence-corrected chi connectivity index (χ1v) is 8.04. The van der Waals surface area contributed by atoms with Crippen LogP contribution in [0.3, 0.4) is 0 Å². The van der Waals surface area contributed by atoms with Gasteiger partial charge in [0, 0.05) is 5.56 Å². The van der Waals surface area contributed by atoms with Gasteiger partial charge in [-0.15, -0.1) is 11.3 Å². The Hall–Kier alpha value is -2.14. The van der Waals surface area contributed by atoms with Gasteiger partial charge in [-0.05, 0) is 49.6 Å². The van der Waals surface area contributed by atoms with Crippen LogP contribution < -0.4 is 5.32 Å². The Labute approximate surface area is 134 Å². The molecule has 0 spiro atoms. The highest BCUT2D eigenvalue weighted by Gasteiger charge is 2.16. The van der Waals surface area contributed by atoms with Crippen molar-refractivity contribution in [2.24, 2.45) is 0 Å². The van der Waals surface area contributed by atoms with Crippen molar-refractivity contribution in [3.63, 3.8) is 0 Å². The predicted octanol–water partition coefficient (Wildman–Crippen LogP) is 4.05. The molecule has 0 saturated heterocycles. The maximum atomic E-state index is 12.2. The number of ether oxygens (including phenoxy) is 1. The Morgan fingerprint density at radius 3 is 2.45 bits per heavy atom. The summed E-state index contributed by atoms with van der Waals surface area (Å²) in [6.45, 7) is 6.00. The number of amides is 1. The minimum Gasteiger partial charge on any atom is -0.462 e. The van der Waals surface area contributed by atoms with E-state index >= 15 is 0 Å². The molecular formula is C17H19NO3S. The van der Waals surface area contributed by atoms with Crippen molar-refractivity contribution in [3.8, 4) is 0 Å². The van der Waals surface area contributed by atoms with Gasteiger partial charge in [-0.1, -0.05) is 19.1 Å². The Balaban J connectivity index is 2.11. The van der Waals surface area contributed by atoms with E-state index in [1.807, 2.05) is 19.1 Å². The SMILES string of the molecule is CCOC(=O)c1sc(NC(=O)c2ccc(CC)cc2)cc1C. The zero-order valence-electron chi connectivity index (χ0n) is 12.9. The van der Waals surface area contributed by atoms with Crippen molar-refractivity contribution in [2.75, 3.05) is 11.9 Å². The van der Waals surface area contributed by atoms with Crippen LogP contribution in [0, 0.1) is 6.92 Å². The number of carbonyl (C=O) groups excluding carboxylic acids is 2. The van der Waals surface area contributed by atoms with Crippen molar-refractivity contribution in [2.45, 2.75) is 27.2 Å². The van der Waals surface area contributed by atoms with E-state index in [0.29, 0.717) is 22.0 Å². The second-order valence-electron chi connectivity index (χ2n) is 4.85. The van der Waals surface area contributed by atoms with E-state index in [2.05, 4.69) is 12.2 Å². The lowest BCUT2D eigenvalue weighted by molar-refractivity contribution is 0.0531. The van der Waals surface area contributed by atoms with E-state index in [1.54, 1.807) is 25.1 Å². The zero-order chi connectivity index (χ0) is 16.1. The van der Waals surface area contributed by atoms with Gasteiger partial charge < -0.3 is 10.1 Å². The summed E-state index contributed by atoms with van der Waals surface area (Å²) in [7, 11) is 0. The van der Waals surface area contributed by atoms with Crippen LogP contribution in [0.1, 0.15) is 45.0 Å². The van der Waals surface area contributed by atoms with E-state index in [1.165, 1.54) is 16.9 Å². The molecule has 1 heterocycles. The van der Waals surface area contributed by atoms with Gasteiger partial charge in [-0.2, -0.15) is 0 Å². The Kier molecular flexibility index (Phi) is 5.33. The van der Waals surface area contributed by atoms with Gasteiger partial charge in [0.15, 0.2) is 0 Å². The van der Waals surface area contributed by atoms with Crippen LogP contribution in [0.4, 0.5) is 5.00 Å². The minimum absolute atomic E-state index is 0.181. The molecule has 0 aliphatic carbocycles. The molecule has 0 unspecified atom stereocenters. The largest absolute Gasteiger partial charge is 0.462 e.